The molecule has 2 aromatic carbocycles. The van der Waals surface area contributed by atoms with Crippen molar-refractivity contribution in [3.8, 4) is 5.75 Å². The SMILES string of the molecule is CC(=O)c1ccc(S(=O)(=O)Oc2ccc3c(CCl)cc(=O)oc3c2)cc1. The minimum absolute atomic E-state index is 0.0111. The van der Waals surface area contributed by atoms with Crippen LogP contribution in [0.25, 0.3) is 11.0 Å². The first-order valence-electron chi connectivity index (χ1n) is 7.48. The molecule has 6 nitrogen and oxygen atoms in total. The lowest BCUT2D eigenvalue weighted by Crippen LogP contribution is -2.10. The number of ketones is 1. The molecule has 0 aliphatic carbocycles. The Morgan fingerprint density at radius 1 is 1.12 bits per heavy atom. The Morgan fingerprint density at radius 2 is 1.81 bits per heavy atom. The van der Waals surface area contributed by atoms with Gasteiger partial charge in [-0.1, -0.05) is 12.1 Å². The van der Waals surface area contributed by atoms with Crippen LogP contribution in [0.2, 0.25) is 0 Å². The Labute approximate surface area is 154 Å². The summed E-state index contributed by atoms with van der Waals surface area (Å²) in [6, 6.07) is 11.0. The molecular formula is C18H13ClO6S. The summed E-state index contributed by atoms with van der Waals surface area (Å²) in [6.45, 7) is 1.39. The number of fused-ring (bicyclic) bond motifs is 1. The highest BCUT2D eigenvalue weighted by Gasteiger charge is 2.18. The molecule has 0 saturated heterocycles. The zero-order valence-electron chi connectivity index (χ0n) is 13.6. The second kappa shape index (κ2) is 6.93. The lowest BCUT2D eigenvalue weighted by atomic mass is 10.1. The Hall–Kier alpha value is -2.64. The second-order valence-corrected chi connectivity index (χ2v) is 7.31. The summed E-state index contributed by atoms with van der Waals surface area (Å²) in [7, 11) is -4.11. The quantitative estimate of drug-likeness (QED) is 0.285. The van der Waals surface area contributed by atoms with Gasteiger partial charge in [0.15, 0.2) is 5.78 Å². The summed E-state index contributed by atoms with van der Waals surface area (Å²) in [5.74, 6) is -0.0686. The van der Waals surface area contributed by atoms with E-state index in [1.807, 2.05) is 0 Å². The van der Waals surface area contributed by atoms with Crippen LogP contribution in [0.3, 0.4) is 0 Å². The van der Waals surface area contributed by atoms with Crippen LogP contribution in [0.15, 0.2) is 62.6 Å². The van der Waals surface area contributed by atoms with Gasteiger partial charge in [0.1, 0.15) is 16.2 Å². The minimum Gasteiger partial charge on any atom is -0.423 e. The van der Waals surface area contributed by atoms with E-state index in [9.17, 15) is 18.0 Å². The summed E-state index contributed by atoms with van der Waals surface area (Å²) < 4.78 is 35.0. The van der Waals surface area contributed by atoms with E-state index in [0.717, 1.165) is 0 Å². The summed E-state index contributed by atoms with van der Waals surface area (Å²) in [6.07, 6.45) is 0. The van der Waals surface area contributed by atoms with Gasteiger partial charge in [0.25, 0.3) is 0 Å². The fourth-order valence-corrected chi connectivity index (χ4v) is 3.55. The molecular weight excluding hydrogens is 380 g/mol. The van der Waals surface area contributed by atoms with Gasteiger partial charge in [0, 0.05) is 29.0 Å². The normalized spacial score (nSPS) is 11.5. The van der Waals surface area contributed by atoms with Crippen molar-refractivity contribution in [2.75, 3.05) is 0 Å². The van der Waals surface area contributed by atoms with E-state index >= 15 is 0 Å². The predicted octanol–water partition coefficient (Wildman–Crippen LogP) is 3.50. The maximum absolute atomic E-state index is 12.4. The number of hydrogen-bond acceptors (Lipinski definition) is 6. The van der Waals surface area contributed by atoms with E-state index in [2.05, 4.69) is 0 Å². The van der Waals surface area contributed by atoms with Crippen LogP contribution < -0.4 is 9.81 Å². The smallest absolute Gasteiger partial charge is 0.339 e. The van der Waals surface area contributed by atoms with Crippen molar-refractivity contribution in [2.45, 2.75) is 17.7 Å². The van der Waals surface area contributed by atoms with E-state index in [-0.39, 0.29) is 27.9 Å². The molecule has 0 fully saturated rings. The Bertz CT molecular complexity index is 1150. The number of carbonyl (C=O) groups is 1. The van der Waals surface area contributed by atoms with Gasteiger partial charge in [-0.2, -0.15) is 8.42 Å². The fourth-order valence-electron chi connectivity index (χ4n) is 2.40. The van der Waals surface area contributed by atoms with Gasteiger partial charge in [-0.15, -0.1) is 11.6 Å². The van der Waals surface area contributed by atoms with Crippen LogP contribution in [0.5, 0.6) is 5.75 Å². The van der Waals surface area contributed by atoms with Gasteiger partial charge in [0.2, 0.25) is 0 Å². The van der Waals surface area contributed by atoms with E-state index in [0.29, 0.717) is 16.5 Å². The molecule has 0 unspecified atom stereocenters. The molecule has 8 heteroatoms. The highest BCUT2D eigenvalue weighted by Crippen LogP contribution is 2.26. The van der Waals surface area contributed by atoms with Crippen LogP contribution in [-0.2, 0) is 16.0 Å². The summed E-state index contributed by atoms with van der Waals surface area (Å²) in [4.78, 5) is 22.7. The number of hydrogen-bond donors (Lipinski definition) is 0. The van der Waals surface area contributed by atoms with Crippen molar-refractivity contribution < 1.29 is 21.8 Å². The maximum Gasteiger partial charge on any atom is 0.339 e. The molecule has 1 aromatic heterocycles. The number of carbonyl (C=O) groups excluding carboxylic acids is 1. The number of rotatable bonds is 5. The molecule has 0 bridgehead atoms. The minimum atomic E-state index is -4.11. The van der Waals surface area contributed by atoms with Gasteiger partial charge in [0.05, 0.1) is 0 Å². The molecule has 26 heavy (non-hydrogen) atoms. The molecule has 0 N–H and O–H groups in total. The second-order valence-electron chi connectivity index (χ2n) is 5.50. The van der Waals surface area contributed by atoms with E-state index in [4.69, 9.17) is 20.2 Å². The Balaban J connectivity index is 1.96. The van der Waals surface area contributed by atoms with Crippen LogP contribution in [-0.4, -0.2) is 14.2 Å². The van der Waals surface area contributed by atoms with E-state index in [1.54, 1.807) is 6.07 Å². The number of halogens is 1. The zero-order valence-corrected chi connectivity index (χ0v) is 15.1. The van der Waals surface area contributed by atoms with Crippen LogP contribution >= 0.6 is 11.6 Å². The van der Waals surface area contributed by atoms with Crippen molar-refractivity contribution in [3.63, 3.8) is 0 Å². The largest absolute Gasteiger partial charge is 0.423 e. The predicted molar refractivity (Wildman–Crippen MR) is 96.3 cm³/mol. The van der Waals surface area contributed by atoms with Crippen LogP contribution in [0.1, 0.15) is 22.8 Å². The molecule has 0 radical (unpaired) electrons. The Morgan fingerprint density at radius 3 is 2.42 bits per heavy atom. The summed E-state index contributed by atoms with van der Waals surface area (Å²) >= 11 is 5.81. The monoisotopic (exact) mass is 392 g/mol. The molecule has 0 spiro atoms. The average Bonchev–Trinajstić information content (AvgIpc) is 2.60. The van der Waals surface area contributed by atoms with Crippen LogP contribution in [0.4, 0.5) is 0 Å². The van der Waals surface area contributed by atoms with Gasteiger partial charge in [-0.3, -0.25) is 4.79 Å². The lowest BCUT2D eigenvalue weighted by Gasteiger charge is -2.09. The molecule has 3 rings (SSSR count). The molecule has 0 aliphatic heterocycles. The highest BCUT2D eigenvalue weighted by molar-refractivity contribution is 7.87. The molecule has 0 saturated carbocycles. The number of alkyl halides is 1. The van der Waals surface area contributed by atoms with Crippen molar-refractivity contribution >= 4 is 38.5 Å². The molecule has 0 amide bonds. The fraction of sp³-hybridized carbons (Fsp3) is 0.111. The van der Waals surface area contributed by atoms with Crippen molar-refractivity contribution in [1.29, 1.82) is 0 Å². The zero-order chi connectivity index (χ0) is 18.9. The maximum atomic E-state index is 12.4. The first-order chi connectivity index (χ1) is 12.3. The Kier molecular flexibility index (Phi) is 4.84. The molecule has 0 atom stereocenters. The lowest BCUT2D eigenvalue weighted by molar-refractivity contribution is 0.101. The first kappa shape index (κ1) is 18.2. The van der Waals surface area contributed by atoms with Crippen LogP contribution in [0, 0.1) is 0 Å². The third kappa shape index (κ3) is 3.63. The first-order valence-corrected chi connectivity index (χ1v) is 9.43. The van der Waals surface area contributed by atoms with E-state index < -0.39 is 15.7 Å². The average molecular weight is 393 g/mol. The molecule has 3 aromatic rings. The van der Waals surface area contributed by atoms with Crippen molar-refractivity contribution in [1.82, 2.24) is 0 Å². The van der Waals surface area contributed by atoms with Crippen molar-refractivity contribution in [2.24, 2.45) is 0 Å². The molecule has 134 valence electrons. The summed E-state index contributed by atoms with van der Waals surface area (Å²) in [5.41, 5.74) is 0.554. The van der Waals surface area contributed by atoms with Gasteiger partial charge in [-0.25, -0.2) is 4.79 Å². The number of benzene rings is 2. The molecule has 0 aliphatic rings. The van der Waals surface area contributed by atoms with Gasteiger partial charge < -0.3 is 8.60 Å². The topological polar surface area (TPSA) is 90.6 Å². The highest BCUT2D eigenvalue weighted by atomic mass is 35.5. The number of Topliss-reactive ketones (excluding diaryl/α,β-unsaturated/α-hetero) is 1. The molecule has 1 heterocycles. The standard InChI is InChI=1S/C18H13ClO6S/c1-11(20)12-2-5-15(6-3-12)26(22,23)25-14-4-7-16-13(10-19)8-18(21)24-17(16)9-14/h2-9H,10H2,1H3. The van der Waals surface area contributed by atoms with Crippen molar-refractivity contribution in [3.05, 3.63) is 70.1 Å². The van der Waals surface area contributed by atoms with E-state index in [1.165, 1.54) is 49.4 Å². The van der Waals surface area contributed by atoms with Gasteiger partial charge in [-0.05, 0) is 36.8 Å². The third-order valence-corrected chi connectivity index (χ3v) is 5.25. The third-order valence-electron chi connectivity index (χ3n) is 3.70. The summed E-state index contributed by atoms with van der Waals surface area (Å²) in [5, 5.41) is 0.593. The van der Waals surface area contributed by atoms with Gasteiger partial charge >= 0.3 is 15.7 Å².